The van der Waals surface area contributed by atoms with Crippen LogP contribution in [0.4, 0.5) is 15.8 Å². The molecule has 3 aliphatic rings. The van der Waals surface area contributed by atoms with Crippen LogP contribution in [0.25, 0.3) is 21.8 Å². The Balaban J connectivity index is 0.777. The molecule has 0 spiro atoms. The quantitative estimate of drug-likeness (QED) is 0.127. The average molecular weight is 953 g/mol. The summed E-state index contributed by atoms with van der Waals surface area (Å²) in [5.74, 6) is -1.73. The zero-order valence-electron chi connectivity index (χ0n) is 38.9. The van der Waals surface area contributed by atoms with Gasteiger partial charge in [0.25, 0.3) is 17.7 Å². The molecule has 6 amide bonds. The molecule has 1 unspecified atom stereocenters. The lowest BCUT2D eigenvalue weighted by atomic mass is 9.93. The third-order valence-electron chi connectivity index (χ3n) is 13.4. The molecule has 6 aromatic rings. The van der Waals surface area contributed by atoms with Crippen molar-refractivity contribution in [2.24, 2.45) is 13.0 Å². The first-order valence-corrected chi connectivity index (χ1v) is 22.8. The number of nitrogens with zero attached hydrogens (tertiary/aromatic N) is 5. The number of hydrogen-bond acceptors (Lipinski definition) is 12. The number of amides is 6. The van der Waals surface area contributed by atoms with Gasteiger partial charge in [0, 0.05) is 80.0 Å². The maximum Gasteiger partial charge on any atom is 0.261 e. The maximum atomic E-state index is 15.7. The Hall–Kier alpha value is -8.22. The third kappa shape index (κ3) is 9.33. The van der Waals surface area contributed by atoms with Gasteiger partial charge in [-0.15, -0.1) is 0 Å². The summed E-state index contributed by atoms with van der Waals surface area (Å²) in [6.07, 6.45) is 3.30. The second-order valence-electron chi connectivity index (χ2n) is 17.6. The number of aromatic nitrogens is 3. The molecule has 2 aromatic heterocycles. The number of fused-ring (bicyclic) bond motifs is 3. The number of carbonyl (C=O) groups is 6. The van der Waals surface area contributed by atoms with E-state index >= 15 is 4.39 Å². The molecule has 1 atom stereocenters. The van der Waals surface area contributed by atoms with Gasteiger partial charge < -0.3 is 39.2 Å². The van der Waals surface area contributed by atoms with Gasteiger partial charge in [0.2, 0.25) is 23.2 Å². The molecule has 0 bridgehead atoms. The molecule has 9 rings (SSSR count). The number of methoxy groups -OCH3 is 2. The van der Waals surface area contributed by atoms with Crippen molar-refractivity contribution in [3.05, 3.63) is 123 Å². The van der Waals surface area contributed by atoms with E-state index in [2.05, 4.69) is 25.9 Å². The van der Waals surface area contributed by atoms with Gasteiger partial charge in [0.1, 0.15) is 29.5 Å². The SMILES string of the molecule is COc1ccc2c(c1)c(=O)c(C(=O)Nc1ccc(Cc3ncnc4cc(OCC(=O)N5CCC(CC(=O)Nc6ccc7c(c6)CN(C6CCC(=O)NC6=O)C7=O)CC5)c(OC)cc34)c(F)c1)c(C)n2C. The number of rotatable bonds is 13. The predicted molar refractivity (Wildman–Crippen MR) is 254 cm³/mol. The third-order valence-corrected chi connectivity index (χ3v) is 13.4. The lowest BCUT2D eigenvalue weighted by molar-refractivity contribution is -0.137. The van der Waals surface area contributed by atoms with Gasteiger partial charge in [-0.2, -0.15) is 0 Å². The van der Waals surface area contributed by atoms with Crippen LogP contribution in [0, 0.1) is 18.7 Å². The molecule has 360 valence electrons. The van der Waals surface area contributed by atoms with Gasteiger partial charge in [-0.1, -0.05) is 6.07 Å². The van der Waals surface area contributed by atoms with Crippen LogP contribution in [0.5, 0.6) is 17.2 Å². The molecule has 4 aromatic carbocycles. The molecular formula is C51H49FN8O10. The largest absolute Gasteiger partial charge is 0.497 e. The Morgan fingerprint density at radius 1 is 0.857 bits per heavy atom. The van der Waals surface area contributed by atoms with Crippen LogP contribution in [0.1, 0.15) is 75.3 Å². The van der Waals surface area contributed by atoms with Gasteiger partial charge in [0.05, 0.1) is 36.3 Å². The van der Waals surface area contributed by atoms with E-state index in [0.717, 1.165) is 0 Å². The number of piperidine rings is 2. The Morgan fingerprint density at radius 3 is 2.37 bits per heavy atom. The Morgan fingerprint density at radius 2 is 1.63 bits per heavy atom. The van der Waals surface area contributed by atoms with Crippen LogP contribution >= 0.6 is 0 Å². The average Bonchev–Trinajstić information content (AvgIpc) is 3.67. The van der Waals surface area contributed by atoms with Gasteiger partial charge in [-0.3, -0.25) is 38.9 Å². The van der Waals surface area contributed by atoms with E-state index in [-0.39, 0.29) is 90.9 Å². The second kappa shape index (κ2) is 19.4. The minimum atomic E-state index is -0.727. The second-order valence-corrected chi connectivity index (χ2v) is 17.6. The fourth-order valence-electron chi connectivity index (χ4n) is 9.45. The van der Waals surface area contributed by atoms with Crippen molar-refractivity contribution >= 4 is 68.6 Å². The summed E-state index contributed by atoms with van der Waals surface area (Å²) in [4.78, 5) is 102. The summed E-state index contributed by atoms with van der Waals surface area (Å²) in [6.45, 7) is 2.47. The van der Waals surface area contributed by atoms with E-state index in [1.54, 1.807) is 78.0 Å². The normalized spacial score (nSPS) is 16.0. The van der Waals surface area contributed by atoms with Gasteiger partial charge in [-0.05, 0) is 97.8 Å². The van der Waals surface area contributed by atoms with E-state index < -0.39 is 29.1 Å². The minimum Gasteiger partial charge on any atom is -0.497 e. The van der Waals surface area contributed by atoms with Gasteiger partial charge >= 0.3 is 0 Å². The number of anilines is 2. The van der Waals surface area contributed by atoms with Crippen molar-refractivity contribution < 1.29 is 47.4 Å². The van der Waals surface area contributed by atoms with Crippen molar-refractivity contribution in [1.29, 1.82) is 0 Å². The van der Waals surface area contributed by atoms with E-state index in [1.807, 2.05) is 0 Å². The van der Waals surface area contributed by atoms with E-state index in [0.29, 0.717) is 87.4 Å². The van der Waals surface area contributed by atoms with Crippen molar-refractivity contribution in [2.45, 2.75) is 58.0 Å². The number of halogens is 1. The first kappa shape index (κ1) is 46.9. The first-order chi connectivity index (χ1) is 33.7. The van der Waals surface area contributed by atoms with Crippen LogP contribution in [-0.2, 0) is 39.2 Å². The number of nitrogens with one attached hydrogen (secondary N) is 3. The molecule has 0 radical (unpaired) electrons. The van der Waals surface area contributed by atoms with E-state index in [9.17, 15) is 33.6 Å². The van der Waals surface area contributed by atoms with E-state index in [4.69, 9.17) is 14.2 Å². The minimum absolute atomic E-state index is 0.0405. The Bertz CT molecular complexity index is 3220. The summed E-state index contributed by atoms with van der Waals surface area (Å²) in [5, 5.41) is 8.78. The van der Waals surface area contributed by atoms with Crippen molar-refractivity contribution in [3.8, 4) is 17.2 Å². The highest BCUT2D eigenvalue weighted by atomic mass is 19.1. The van der Waals surface area contributed by atoms with Gasteiger partial charge in [-0.25, -0.2) is 14.4 Å². The maximum absolute atomic E-state index is 15.7. The number of benzene rings is 4. The van der Waals surface area contributed by atoms with Crippen LogP contribution in [-0.4, -0.2) is 99.7 Å². The number of imide groups is 1. The van der Waals surface area contributed by atoms with Crippen LogP contribution in [0.3, 0.4) is 0 Å². The standard InChI is InChI=1S/C51H49FN8O10/c1-27-47(48(64)36-21-33(68-3)8-10-40(36)58(27)2)50(66)56-32-6-5-29(37(52)20-32)19-38-35-22-42(69-4)43(23-39(35)54-26-53-38)70-25-46(63)59-15-13-28(14-16-59)17-45(62)55-31-7-9-34-30(18-31)24-60(51(34)67)41-11-12-44(61)57-49(41)65/h5-10,18,20-23,26,28,41H,11-17,19,24-25H2,1-4H3,(H,55,62)(H,56,66)(H,57,61,65). The Labute approximate surface area is 400 Å². The topological polar surface area (TPSA) is 220 Å². The zero-order valence-corrected chi connectivity index (χ0v) is 38.9. The fraction of sp³-hybridized carbons (Fsp3) is 0.314. The number of carbonyl (C=O) groups excluding carboxylic acids is 6. The molecule has 0 aliphatic carbocycles. The number of aryl methyl sites for hydroxylation is 1. The zero-order chi connectivity index (χ0) is 49.4. The predicted octanol–water partition coefficient (Wildman–Crippen LogP) is 5.20. The molecule has 3 N–H and O–H groups in total. The Kier molecular flexibility index (Phi) is 13.0. The number of likely N-dealkylation sites (tertiary alicyclic amines) is 1. The highest BCUT2D eigenvalue weighted by Gasteiger charge is 2.39. The van der Waals surface area contributed by atoms with Crippen LogP contribution < -0.4 is 35.6 Å². The highest BCUT2D eigenvalue weighted by Crippen LogP contribution is 2.35. The lowest BCUT2D eigenvalue weighted by Crippen LogP contribution is -2.52. The highest BCUT2D eigenvalue weighted by molar-refractivity contribution is 6.07. The fourth-order valence-corrected chi connectivity index (χ4v) is 9.45. The van der Waals surface area contributed by atoms with Crippen molar-refractivity contribution in [2.75, 3.05) is 44.5 Å². The van der Waals surface area contributed by atoms with Crippen LogP contribution in [0.15, 0.2) is 77.9 Å². The van der Waals surface area contributed by atoms with Gasteiger partial charge in [0.15, 0.2) is 18.1 Å². The summed E-state index contributed by atoms with van der Waals surface area (Å²) < 4.78 is 34.4. The molecule has 3 aliphatic heterocycles. The lowest BCUT2D eigenvalue weighted by Gasteiger charge is -2.31. The summed E-state index contributed by atoms with van der Waals surface area (Å²) in [6, 6.07) is 17.0. The molecule has 5 heterocycles. The molecule has 19 heteroatoms. The van der Waals surface area contributed by atoms with Crippen molar-refractivity contribution in [3.63, 3.8) is 0 Å². The molecular weight excluding hydrogens is 904 g/mol. The van der Waals surface area contributed by atoms with E-state index in [1.165, 1.54) is 37.6 Å². The molecule has 2 saturated heterocycles. The number of pyridine rings is 1. The summed E-state index contributed by atoms with van der Waals surface area (Å²) >= 11 is 0. The monoisotopic (exact) mass is 952 g/mol. The molecule has 70 heavy (non-hydrogen) atoms. The smallest absolute Gasteiger partial charge is 0.261 e. The first-order valence-electron chi connectivity index (χ1n) is 22.8. The summed E-state index contributed by atoms with van der Waals surface area (Å²) in [5.41, 5.74) is 3.64. The summed E-state index contributed by atoms with van der Waals surface area (Å²) in [7, 11) is 4.71. The molecule has 18 nitrogen and oxygen atoms in total. The number of ether oxygens (including phenoxy) is 3. The van der Waals surface area contributed by atoms with Crippen LogP contribution in [0.2, 0.25) is 0 Å². The number of hydrogen-bond donors (Lipinski definition) is 3. The molecule has 2 fully saturated rings. The van der Waals surface area contributed by atoms with Crippen molar-refractivity contribution in [1.82, 2.24) is 29.7 Å². The molecule has 0 saturated carbocycles.